The molecule has 0 bridgehead atoms. The predicted octanol–water partition coefficient (Wildman–Crippen LogP) is 1.80. The van der Waals surface area contributed by atoms with E-state index >= 15 is 0 Å². The van der Waals surface area contributed by atoms with Crippen LogP contribution in [0.4, 0.5) is 4.79 Å². The smallest absolute Gasteiger partial charge is 0.407 e. The minimum Gasteiger partial charge on any atom is -0.467 e. The van der Waals surface area contributed by atoms with E-state index in [4.69, 9.17) is 9.47 Å². The van der Waals surface area contributed by atoms with Crippen LogP contribution in [-0.4, -0.2) is 43.3 Å². The highest BCUT2D eigenvalue weighted by Gasteiger charge is 2.22. The van der Waals surface area contributed by atoms with E-state index in [1.54, 1.807) is 20.8 Å². The molecule has 1 atom stereocenters. The number of rotatable bonds is 7. The maximum atomic E-state index is 12.0. The van der Waals surface area contributed by atoms with Crippen molar-refractivity contribution in [1.82, 2.24) is 10.6 Å². The van der Waals surface area contributed by atoms with Crippen molar-refractivity contribution < 1.29 is 23.9 Å². The lowest BCUT2D eigenvalue weighted by Crippen LogP contribution is -2.44. The summed E-state index contributed by atoms with van der Waals surface area (Å²) in [4.78, 5) is 35.4. The maximum Gasteiger partial charge on any atom is 0.407 e. The fourth-order valence-corrected chi connectivity index (χ4v) is 2.04. The molecular formula is C18H26N2O5. The van der Waals surface area contributed by atoms with E-state index in [1.807, 2.05) is 30.3 Å². The number of methoxy groups -OCH3 is 1. The molecule has 0 spiro atoms. The Morgan fingerprint density at radius 2 is 1.76 bits per heavy atom. The molecule has 0 heterocycles. The molecule has 1 rings (SSSR count). The summed E-state index contributed by atoms with van der Waals surface area (Å²) >= 11 is 0. The van der Waals surface area contributed by atoms with Gasteiger partial charge >= 0.3 is 12.1 Å². The fourth-order valence-electron chi connectivity index (χ4n) is 2.04. The zero-order chi connectivity index (χ0) is 18.9. The van der Waals surface area contributed by atoms with Gasteiger partial charge in [-0.1, -0.05) is 30.3 Å². The van der Waals surface area contributed by atoms with Crippen molar-refractivity contribution in [1.29, 1.82) is 0 Å². The molecule has 0 aromatic heterocycles. The summed E-state index contributed by atoms with van der Waals surface area (Å²) in [5.74, 6) is -0.875. The highest BCUT2D eigenvalue weighted by atomic mass is 16.6. The van der Waals surface area contributed by atoms with Gasteiger partial charge in [0.1, 0.15) is 11.6 Å². The molecule has 0 fully saturated rings. The summed E-state index contributed by atoms with van der Waals surface area (Å²) in [6, 6.07) is 8.55. The summed E-state index contributed by atoms with van der Waals surface area (Å²) in [6.07, 6.45) is -0.227. The number of hydrogen-bond acceptors (Lipinski definition) is 5. The van der Waals surface area contributed by atoms with Crippen molar-refractivity contribution >= 4 is 18.0 Å². The first kappa shape index (κ1) is 20.5. The molecule has 0 aliphatic heterocycles. The van der Waals surface area contributed by atoms with Gasteiger partial charge < -0.3 is 20.1 Å². The van der Waals surface area contributed by atoms with Gasteiger partial charge in [0.2, 0.25) is 5.91 Å². The molecular weight excluding hydrogens is 324 g/mol. The Bertz CT molecular complexity index is 581. The third kappa shape index (κ3) is 8.74. The zero-order valence-corrected chi connectivity index (χ0v) is 15.1. The third-order valence-corrected chi connectivity index (χ3v) is 3.12. The Morgan fingerprint density at radius 1 is 1.12 bits per heavy atom. The second-order valence-electron chi connectivity index (χ2n) is 6.51. The van der Waals surface area contributed by atoms with Crippen LogP contribution in [0.1, 0.15) is 32.8 Å². The SMILES string of the molecule is COC(=O)[C@H](Cc1ccccc1)NC(=O)CCNC(=O)OC(C)(C)C. The molecule has 2 N–H and O–H groups in total. The van der Waals surface area contributed by atoms with Crippen LogP contribution in [0.25, 0.3) is 0 Å². The lowest BCUT2D eigenvalue weighted by molar-refractivity contribution is -0.145. The second-order valence-corrected chi connectivity index (χ2v) is 6.51. The van der Waals surface area contributed by atoms with Crippen molar-refractivity contribution in [2.75, 3.05) is 13.7 Å². The lowest BCUT2D eigenvalue weighted by atomic mass is 10.1. The lowest BCUT2D eigenvalue weighted by Gasteiger charge is -2.20. The Kier molecular flexibility index (Phi) is 7.91. The zero-order valence-electron chi connectivity index (χ0n) is 15.1. The van der Waals surface area contributed by atoms with Gasteiger partial charge in [-0.05, 0) is 26.3 Å². The first-order chi connectivity index (χ1) is 11.7. The van der Waals surface area contributed by atoms with Crippen LogP contribution in [0, 0.1) is 0 Å². The minimum atomic E-state index is -0.776. The molecule has 0 unspecified atom stereocenters. The Hall–Kier alpha value is -2.57. The molecule has 7 nitrogen and oxygen atoms in total. The molecule has 1 aromatic carbocycles. The largest absolute Gasteiger partial charge is 0.467 e. The van der Waals surface area contributed by atoms with Crippen molar-refractivity contribution in [2.24, 2.45) is 0 Å². The molecule has 7 heteroatoms. The standard InChI is InChI=1S/C18H26N2O5/c1-18(2,3)25-17(23)19-11-10-15(21)20-14(16(22)24-4)12-13-8-6-5-7-9-13/h5-9,14H,10-12H2,1-4H3,(H,19,23)(H,20,21)/t14-/m0/s1. The van der Waals surface area contributed by atoms with Crippen molar-refractivity contribution in [3.8, 4) is 0 Å². The summed E-state index contributed by atoms with van der Waals surface area (Å²) in [5, 5.41) is 5.13. The van der Waals surface area contributed by atoms with Crippen LogP contribution in [0.5, 0.6) is 0 Å². The van der Waals surface area contributed by atoms with Gasteiger partial charge in [0.05, 0.1) is 7.11 Å². The number of alkyl carbamates (subject to hydrolysis) is 1. The topological polar surface area (TPSA) is 93.7 Å². The minimum absolute atomic E-state index is 0.0293. The van der Waals surface area contributed by atoms with Crippen LogP contribution < -0.4 is 10.6 Å². The Balaban J connectivity index is 2.47. The van der Waals surface area contributed by atoms with Crippen LogP contribution in [0.3, 0.4) is 0 Å². The van der Waals surface area contributed by atoms with Crippen molar-refractivity contribution in [3.63, 3.8) is 0 Å². The van der Waals surface area contributed by atoms with Gasteiger partial charge in [0.15, 0.2) is 0 Å². The van der Waals surface area contributed by atoms with E-state index < -0.39 is 23.7 Å². The molecule has 138 valence electrons. The number of amides is 2. The normalized spacial score (nSPS) is 12.0. The van der Waals surface area contributed by atoms with Crippen LogP contribution in [0.2, 0.25) is 0 Å². The number of carbonyl (C=O) groups excluding carboxylic acids is 3. The third-order valence-electron chi connectivity index (χ3n) is 3.12. The highest BCUT2D eigenvalue weighted by molar-refractivity contribution is 5.85. The van der Waals surface area contributed by atoms with E-state index in [0.717, 1.165) is 5.56 Å². The summed E-state index contributed by atoms with van der Waals surface area (Å²) in [7, 11) is 1.27. The predicted molar refractivity (Wildman–Crippen MR) is 92.9 cm³/mol. The molecule has 1 aromatic rings. The molecule has 0 saturated carbocycles. The van der Waals surface area contributed by atoms with Crippen molar-refractivity contribution in [2.45, 2.75) is 45.3 Å². The summed E-state index contributed by atoms with van der Waals surface area (Å²) < 4.78 is 9.82. The quantitative estimate of drug-likeness (QED) is 0.732. The fraction of sp³-hybridized carbons (Fsp3) is 0.500. The van der Waals surface area contributed by atoms with Crippen LogP contribution in [-0.2, 0) is 25.5 Å². The number of hydrogen-bond donors (Lipinski definition) is 2. The average Bonchev–Trinajstić information content (AvgIpc) is 2.52. The summed E-state index contributed by atoms with van der Waals surface area (Å²) in [5.41, 5.74) is 0.308. The van der Waals surface area contributed by atoms with Gasteiger partial charge in [-0.15, -0.1) is 0 Å². The van der Waals surface area contributed by atoms with Crippen LogP contribution in [0.15, 0.2) is 30.3 Å². The number of nitrogens with one attached hydrogen (secondary N) is 2. The van der Waals surface area contributed by atoms with E-state index in [0.29, 0.717) is 6.42 Å². The molecule has 2 amide bonds. The van der Waals surface area contributed by atoms with Gasteiger partial charge in [0, 0.05) is 19.4 Å². The molecule has 0 radical (unpaired) electrons. The average molecular weight is 350 g/mol. The van der Waals surface area contributed by atoms with Crippen molar-refractivity contribution in [3.05, 3.63) is 35.9 Å². The van der Waals surface area contributed by atoms with E-state index in [2.05, 4.69) is 10.6 Å². The van der Waals surface area contributed by atoms with Gasteiger partial charge in [-0.3, -0.25) is 4.79 Å². The Labute approximate surface area is 148 Å². The van der Waals surface area contributed by atoms with Gasteiger partial charge in [-0.25, -0.2) is 9.59 Å². The molecule has 0 aliphatic rings. The highest BCUT2D eigenvalue weighted by Crippen LogP contribution is 2.07. The maximum absolute atomic E-state index is 12.0. The molecule has 0 saturated heterocycles. The molecule has 25 heavy (non-hydrogen) atoms. The number of esters is 1. The van der Waals surface area contributed by atoms with E-state index in [1.165, 1.54) is 7.11 Å². The monoisotopic (exact) mass is 350 g/mol. The molecule has 0 aliphatic carbocycles. The second kappa shape index (κ2) is 9.66. The Morgan fingerprint density at radius 3 is 2.32 bits per heavy atom. The van der Waals surface area contributed by atoms with E-state index in [-0.39, 0.29) is 18.9 Å². The number of ether oxygens (including phenoxy) is 2. The van der Waals surface area contributed by atoms with Gasteiger partial charge in [-0.2, -0.15) is 0 Å². The van der Waals surface area contributed by atoms with E-state index in [9.17, 15) is 14.4 Å². The first-order valence-electron chi connectivity index (χ1n) is 8.09. The van der Waals surface area contributed by atoms with Gasteiger partial charge in [0.25, 0.3) is 0 Å². The summed E-state index contributed by atoms with van der Waals surface area (Å²) in [6.45, 7) is 5.37. The van der Waals surface area contributed by atoms with Crippen LogP contribution >= 0.6 is 0 Å². The number of carbonyl (C=O) groups is 3. The number of benzene rings is 1. The first-order valence-corrected chi connectivity index (χ1v) is 8.09.